The first-order valence-electron chi connectivity index (χ1n) is 4.16. The molecule has 0 aromatic carbocycles. The summed E-state index contributed by atoms with van der Waals surface area (Å²) < 4.78 is 7.58. The Morgan fingerprint density at radius 2 is 2.67 bits per heavy atom. The van der Waals surface area contributed by atoms with E-state index in [-0.39, 0.29) is 6.10 Å². The van der Waals surface area contributed by atoms with Crippen LogP contribution in [0, 0.1) is 0 Å². The lowest BCUT2D eigenvalue weighted by atomic mass is 10.2. The van der Waals surface area contributed by atoms with Crippen LogP contribution in [0.4, 0.5) is 0 Å². The van der Waals surface area contributed by atoms with Gasteiger partial charge in [0.2, 0.25) is 0 Å². The van der Waals surface area contributed by atoms with Crippen LogP contribution in [0.25, 0.3) is 0 Å². The number of ether oxygens (including phenoxy) is 1. The van der Waals surface area contributed by atoms with Crippen molar-refractivity contribution in [2.24, 2.45) is 7.05 Å². The number of nitrogens with one attached hydrogen (secondary N) is 1. The lowest BCUT2D eigenvalue weighted by molar-refractivity contribution is 0.0233. The minimum absolute atomic E-state index is 0.172. The maximum atomic E-state index is 5.58. The van der Waals surface area contributed by atoms with Crippen molar-refractivity contribution in [2.75, 3.05) is 19.7 Å². The highest BCUT2D eigenvalue weighted by Crippen LogP contribution is 2.16. The minimum Gasteiger partial charge on any atom is -0.369 e. The number of aromatic nitrogens is 2. The van der Waals surface area contributed by atoms with Crippen molar-refractivity contribution >= 4 is 0 Å². The van der Waals surface area contributed by atoms with E-state index in [0.29, 0.717) is 0 Å². The van der Waals surface area contributed by atoms with Gasteiger partial charge < -0.3 is 14.6 Å². The maximum absolute atomic E-state index is 5.58. The summed E-state index contributed by atoms with van der Waals surface area (Å²) in [4.78, 5) is 4.05. The van der Waals surface area contributed by atoms with Gasteiger partial charge in [0.05, 0.1) is 24.8 Å². The van der Waals surface area contributed by atoms with E-state index in [1.165, 1.54) is 0 Å². The van der Waals surface area contributed by atoms with Crippen molar-refractivity contribution in [1.29, 1.82) is 0 Å². The smallest absolute Gasteiger partial charge is 0.111 e. The van der Waals surface area contributed by atoms with Crippen molar-refractivity contribution in [2.45, 2.75) is 6.10 Å². The van der Waals surface area contributed by atoms with E-state index < -0.39 is 0 Å². The third-order valence-corrected chi connectivity index (χ3v) is 2.11. The van der Waals surface area contributed by atoms with Crippen LogP contribution >= 0.6 is 0 Å². The lowest BCUT2D eigenvalue weighted by Gasteiger charge is -2.23. The summed E-state index contributed by atoms with van der Waals surface area (Å²) >= 11 is 0. The lowest BCUT2D eigenvalue weighted by Crippen LogP contribution is -2.34. The molecule has 0 amide bonds. The molecular weight excluding hydrogens is 154 g/mol. The van der Waals surface area contributed by atoms with Crippen molar-refractivity contribution in [3.63, 3.8) is 0 Å². The Morgan fingerprint density at radius 1 is 1.75 bits per heavy atom. The molecule has 0 saturated carbocycles. The molecule has 2 heterocycles. The van der Waals surface area contributed by atoms with Gasteiger partial charge >= 0.3 is 0 Å². The molecule has 1 aromatic heterocycles. The number of imidazole rings is 1. The second-order valence-electron chi connectivity index (χ2n) is 2.99. The second-order valence-corrected chi connectivity index (χ2v) is 2.99. The van der Waals surface area contributed by atoms with Gasteiger partial charge in [0.25, 0.3) is 0 Å². The Hall–Kier alpha value is -0.870. The standard InChI is InChI=1S/C8H13N3O/c1-11-6-10-4-7(11)8-5-9-2-3-12-8/h4,6,8-9H,2-3,5H2,1H3. The molecule has 12 heavy (non-hydrogen) atoms. The first-order chi connectivity index (χ1) is 5.88. The quantitative estimate of drug-likeness (QED) is 0.644. The minimum atomic E-state index is 0.172. The second kappa shape index (κ2) is 3.25. The summed E-state index contributed by atoms with van der Waals surface area (Å²) in [6.45, 7) is 2.63. The van der Waals surface area contributed by atoms with Gasteiger partial charge in [0.1, 0.15) is 6.10 Å². The molecule has 1 atom stereocenters. The molecule has 2 rings (SSSR count). The fraction of sp³-hybridized carbons (Fsp3) is 0.625. The first-order valence-corrected chi connectivity index (χ1v) is 4.16. The van der Waals surface area contributed by atoms with Gasteiger partial charge in [0, 0.05) is 20.1 Å². The van der Waals surface area contributed by atoms with Crippen molar-refractivity contribution in [1.82, 2.24) is 14.9 Å². The summed E-state index contributed by atoms with van der Waals surface area (Å²) in [7, 11) is 1.99. The summed E-state index contributed by atoms with van der Waals surface area (Å²) in [6.07, 6.45) is 3.83. The van der Waals surface area contributed by atoms with E-state index in [1.807, 2.05) is 17.8 Å². The van der Waals surface area contributed by atoms with E-state index in [2.05, 4.69) is 10.3 Å². The largest absolute Gasteiger partial charge is 0.369 e. The van der Waals surface area contributed by atoms with Gasteiger partial charge in [-0.15, -0.1) is 0 Å². The number of rotatable bonds is 1. The van der Waals surface area contributed by atoms with Gasteiger partial charge in [-0.1, -0.05) is 0 Å². The Bertz CT molecular complexity index is 253. The topological polar surface area (TPSA) is 39.1 Å². The van der Waals surface area contributed by atoms with Gasteiger partial charge in [-0.3, -0.25) is 0 Å². The molecule has 1 saturated heterocycles. The van der Waals surface area contributed by atoms with Crippen LogP contribution in [-0.2, 0) is 11.8 Å². The van der Waals surface area contributed by atoms with Crippen LogP contribution in [-0.4, -0.2) is 29.2 Å². The molecular formula is C8H13N3O. The molecule has 0 spiro atoms. The Kier molecular flexibility index (Phi) is 2.10. The van der Waals surface area contributed by atoms with E-state index >= 15 is 0 Å². The summed E-state index contributed by atoms with van der Waals surface area (Å²) in [5, 5.41) is 3.28. The van der Waals surface area contributed by atoms with Gasteiger partial charge in [-0.25, -0.2) is 4.98 Å². The van der Waals surface area contributed by atoms with Crippen LogP contribution in [0.3, 0.4) is 0 Å². The number of nitrogens with zero attached hydrogens (tertiary/aromatic N) is 2. The molecule has 4 heteroatoms. The molecule has 1 unspecified atom stereocenters. The molecule has 1 aromatic rings. The molecule has 1 N–H and O–H groups in total. The average molecular weight is 167 g/mol. The summed E-state index contributed by atoms with van der Waals surface area (Å²) in [5.41, 5.74) is 1.14. The highest BCUT2D eigenvalue weighted by molar-refractivity contribution is 5.03. The van der Waals surface area contributed by atoms with E-state index in [1.54, 1.807) is 6.33 Å². The van der Waals surface area contributed by atoms with E-state index in [9.17, 15) is 0 Å². The van der Waals surface area contributed by atoms with Crippen molar-refractivity contribution < 1.29 is 4.74 Å². The summed E-state index contributed by atoms with van der Waals surface area (Å²) in [6, 6.07) is 0. The molecule has 1 aliphatic heterocycles. The zero-order chi connectivity index (χ0) is 8.39. The molecule has 4 nitrogen and oxygen atoms in total. The molecule has 0 aliphatic carbocycles. The summed E-state index contributed by atoms with van der Waals surface area (Å²) in [5.74, 6) is 0. The van der Waals surface area contributed by atoms with Gasteiger partial charge in [-0.2, -0.15) is 0 Å². The predicted octanol–water partition coefficient (Wildman–Crippen LogP) is 0.0810. The zero-order valence-electron chi connectivity index (χ0n) is 7.16. The normalized spacial score (nSPS) is 24.2. The molecule has 0 bridgehead atoms. The van der Waals surface area contributed by atoms with Gasteiger partial charge in [0.15, 0.2) is 0 Å². The van der Waals surface area contributed by atoms with Crippen molar-refractivity contribution in [3.8, 4) is 0 Å². The Morgan fingerprint density at radius 3 is 3.25 bits per heavy atom. The third kappa shape index (κ3) is 1.35. The molecule has 0 radical (unpaired) electrons. The SMILES string of the molecule is Cn1cncc1C1CNCCO1. The fourth-order valence-electron chi connectivity index (χ4n) is 1.43. The number of hydrogen-bond donors (Lipinski definition) is 1. The molecule has 1 fully saturated rings. The third-order valence-electron chi connectivity index (χ3n) is 2.11. The van der Waals surface area contributed by atoms with Crippen LogP contribution < -0.4 is 5.32 Å². The predicted molar refractivity (Wildman–Crippen MR) is 44.8 cm³/mol. The zero-order valence-corrected chi connectivity index (χ0v) is 7.16. The van der Waals surface area contributed by atoms with Crippen LogP contribution in [0.15, 0.2) is 12.5 Å². The number of hydrogen-bond acceptors (Lipinski definition) is 3. The van der Waals surface area contributed by atoms with Gasteiger partial charge in [-0.05, 0) is 0 Å². The van der Waals surface area contributed by atoms with Crippen molar-refractivity contribution in [3.05, 3.63) is 18.2 Å². The average Bonchev–Trinajstić information content (AvgIpc) is 2.53. The van der Waals surface area contributed by atoms with Crippen LogP contribution in [0.5, 0.6) is 0 Å². The first kappa shape index (κ1) is 7.76. The number of morpholine rings is 1. The molecule has 66 valence electrons. The highest BCUT2D eigenvalue weighted by atomic mass is 16.5. The highest BCUT2D eigenvalue weighted by Gasteiger charge is 2.17. The van der Waals surface area contributed by atoms with E-state index in [0.717, 1.165) is 25.4 Å². The Balaban J connectivity index is 2.13. The van der Waals surface area contributed by atoms with E-state index in [4.69, 9.17) is 4.74 Å². The Labute approximate surface area is 71.6 Å². The maximum Gasteiger partial charge on any atom is 0.111 e. The molecule has 1 aliphatic rings. The van der Waals surface area contributed by atoms with Crippen LogP contribution in [0.2, 0.25) is 0 Å². The fourth-order valence-corrected chi connectivity index (χ4v) is 1.43. The number of aryl methyl sites for hydroxylation is 1. The van der Waals surface area contributed by atoms with Crippen LogP contribution in [0.1, 0.15) is 11.8 Å². The monoisotopic (exact) mass is 167 g/mol.